The molecule has 3 unspecified atom stereocenters. The van der Waals surface area contributed by atoms with Crippen molar-refractivity contribution in [2.45, 2.75) is 56.7 Å². The van der Waals surface area contributed by atoms with Gasteiger partial charge in [-0.25, -0.2) is 8.42 Å². The number of sulfonamides is 1. The first-order valence-electron chi connectivity index (χ1n) is 6.51. The van der Waals surface area contributed by atoms with E-state index >= 15 is 0 Å². The van der Waals surface area contributed by atoms with Gasteiger partial charge in [-0.3, -0.25) is 0 Å². The second kappa shape index (κ2) is 4.95. The Balaban J connectivity index is 2.24. The molecule has 2 rings (SSSR count). The summed E-state index contributed by atoms with van der Waals surface area (Å²) in [6.45, 7) is 2.38. The zero-order valence-corrected chi connectivity index (χ0v) is 11.1. The van der Waals surface area contributed by atoms with Crippen molar-refractivity contribution in [2.75, 3.05) is 6.54 Å². The normalized spacial score (nSPS) is 31.8. The van der Waals surface area contributed by atoms with Crippen LogP contribution < -0.4 is 0 Å². The van der Waals surface area contributed by atoms with Gasteiger partial charge in [0.1, 0.15) is 0 Å². The zero-order valence-electron chi connectivity index (χ0n) is 10.3. The van der Waals surface area contributed by atoms with Crippen molar-refractivity contribution in [1.29, 1.82) is 5.26 Å². The highest BCUT2D eigenvalue weighted by Gasteiger charge is 2.43. The van der Waals surface area contributed by atoms with Crippen molar-refractivity contribution in [3.8, 4) is 6.07 Å². The van der Waals surface area contributed by atoms with Gasteiger partial charge in [0.25, 0.3) is 0 Å². The Morgan fingerprint density at radius 2 is 2.06 bits per heavy atom. The highest BCUT2D eigenvalue weighted by atomic mass is 32.2. The third kappa shape index (κ3) is 2.21. The average Bonchev–Trinajstić information content (AvgIpc) is 2.77. The molecule has 0 aromatic carbocycles. The topological polar surface area (TPSA) is 61.2 Å². The van der Waals surface area contributed by atoms with E-state index in [0.29, 0.717) is 18.9 Å². The van der Waals surface area contributed by atoms with E-state index in [2.05, 4.69) is 0 Å². The summed E-state index contributed by atoms with van der Waals surface area (Å²) in [5.74, 6) is 0.537. The van der Waals surface area contributed by atoms with Crippen LogP contribution in [0.3, 0.4) is 0 Å². The molecule has 0 amide bonds. The Morgan fingerprint density at radius 1 is 1.35 bits per heavy atom. The summed E-state index contributed by atoms with van der Waals surface area (Å²) in [5.41, 5.74) is 0. The van der Waals surface area contributed by atoms with Gasteiger partial charge in [-0.2, -0.15) is 9.57 Å². The van der Waals surface area contributed by atoms with E-state index in [4.69, 9.17) is 5.26 Å². The number of nitrogens with zero attached hydrogens (tertiary/aromatic N) is 2. The van der Waals surface area contributed by atoms with E-state index in [1.165, 1.54) is 0 Å². The summed E-state index contributed by atoms with van der Waals surface area (Å²) in [6.07, 6.45) is 5.74. The van der Waals surface area contributed by atoms with Crippen LogP contribution >= 0.6 is 0 Å². The SMILES string of the molecule is CCC(C#N)S(=O)(=O)N1CCCC2CCCC21. The average molecular weight is 256 g/mol. The molecule has 2 fully saturated rings. The third-order valence-electron chi connectivity index (χ3n) is 4.14. The lowest BCUT2D eigenvalue weighted by atomic mass is 9.94. The van der Waals surface area contributed by atoms with Gasteiger partial charge < -0.3 is 0 Å². The van der Waals surface area contributed by atoms with Crippen molar-refractivity contribution in [3.63, 3.8) is 0 Å². The lowest BCUT2D eigenvalue weighted by molar-refractivity contribution is 0.201. The minimum atomic E-state index is -3.41. The molecule has 1 saturated carbocycles. The standard InChI is InChI=1S/C12H20N2O2S/c1-2-11(9-13)17(15,16)14-8-4-6-10-5-3-7-12(10)14/h10-12H,2-8H2,1H3. The molecule has 0 radical (unpaired) electrons. The number of fused-ring (bicyclic) bond motifs is 1. The second-order valence-corrected chi connectivity index (χ2v) is 7.15. The molecule has 1 saturated heterocycles. The van der Waals surface area contributed by atoms with Gasteiger partial charge in [0.15, 0.2) is 5.25 Å². The van der Waals surface area contributed by atoms with Crippen LogP contribution in [0.1, 0.15) is 45.4 Å². The van der Waals surface area contributed by atoms with Gasteiger partial charge in [0.2, 0.25) is 10.0 Å². The molecular formula is C12H20N2O2S. The molecule has 96 valence electrons. The van der Waals surface area contributed by atoms with Crippen LogP contribution in [0, 0.1) is 17.2 Å². The third-order valence-corrected chi connectivity index (χ3v) is 6.41. The summed E-state index contributed by atoms with van der Waals surface area (Å²) in [7, 11) is -3.41. The molecule has 17 heavy (non-hydrogen) atoms. The smallest absolute Gasteiger partial charge is 0.211 e. The molecule has 0 bridgehead atoms. The first-order valence-corrected chi connectivity index (χ1v) is 8.01. The second-order valence-electron chi connectivity index (χ2n) is 5.08. The lowest BCUT2D eigenvalue weighted by Gasteiger charge is -2.37. The molecule has 3 atom stereocenters. The van der Waals surface area contributed by atoms with Gasteiger partial charge in [-0.15, -0.1) is 0 Å². The fraction of sp³-hybridized carbons (Fsp3) is 0.917. The molecule has 1 aliphatic heterocycles. The van der Waals surface area contributed by atoms with E-state index in [9.17, 15) is 8.42 Å². The first kappa shape index (κ1) is 12.8. The number of hydrogen-bond donors (Lipinski definition) is 0. The largest absolute Gasteiger partial charge is 0.230 e. The summed E-state index contributed by atoms with van der Waals surface area (Å²) in [4.78, 5) is 0. The number of hydrogen-bond acceptors (Lipinski definition) is 3. The van der Waals surface area contributed by atoms with Crippen LogP contribution in [0.4, 0.5) is 0 Å². The molecule has 0 aromatic heterocycles. The van der Waals surface area contributed by atoms with Crippen molar-refractivity contribution in [3.05, 3.63) is 0 Å². The van der Waals surface area contributed by atoms with Crippen molar-refractivity contribution in [2.24, 2.45) is 5.92 Å². The Morgan fingerprint density at radius 3 is 2.71 bits per heavy atom. The predicted molar refractivity (Wildman–Crippen MR) is 65.7 cm³/mol. The first-order chi connectivity index (χ1) is 8.11. The number of piperidine rings is 1. The van der Waals surface area contributed by atoms with E-state index in [-0.39, 0.29) is 6.04 Å². The Hall–Kier alpha value is -0.600. The maximum Gasteiger partial charge on any atom is 0.230 e. The van der Waals surface area contributed by atoms with E-state index in [0.717, 1.165) is 32.1 Å². The number of rotatable bonds is 3. The quantitative estimate of drug-likeness (QED) is 0.774. The predicted octanol–water partition coefficient (Wildman–Crippen LogP) is 1.88. The van der Waals surface area contributed by atoms with Crippen molar-refractivity contribution < 1.29 is 8.42 Å². The molecule has 2 aliphatic rings. The minimum absolute atomic E-state index is 0.177. The Kier molecular flexibility index (Phi) is 3.74. The zero-order chi connectivity index (χ0) is 12.5. The van der Waals surface area contributed by atoms with Crippen molar-refractivity contribution in [1.82, 2.24) is 4.31 Å². The van der Waals surface area contributed by atoms with Crippen LogP contribution in [0.2, 0.25) is 0 Å². The molecule has 1 aliphatic carbocycles. The van der Waals surface area contributed by atoms with Gasteiger partial charge >= 0.3 is 0 Å². The highest BCUT2D eigenvalue weighted by Crippen LogP contribution is 2.38. The van der Waals surface area contributed by atoms with Gasteiger partial charge in [-0.05, 0) is 38.0 Å². The molecule has 1 heterocycles. The van der Waals surface area contributed by atoms with E-state index in [1.54, 1.807) is 11.2 Å². The molecule has 0 spiro atoms. The lowest BCUT2D eigenvalue weighted by Crippen LogP contribution is -2.49. The number of nitriles is 1. The summed E-state index contributed by atoms with van der Waals surface area (Å²) >= 11 is 0. The van der Waals surface area contributed by atoms with E-state index < -0.39 is 15.3 Å². The Bertz CT molecular complexity index is 413. The van der Waals surface area contributed by atoms with Crippen molar-refractivity contribution >= 4 is 10.0 Å². The fourth-order valence-electron chi connectivity index (χ4n) is 3.26. The van der Waals surface area contributed by atoms with Crippen LogP contribution in [-0.2, 0) is 10.0 Å². The van der Waals surface area contributed by atoms with Crippen LogP contribution in [0.5, 0.6) is 0 Å². The summed E-state index contributed by atoms with van der Waals surface area (Å²) in [6, 6.07) is 2.12. The summed E-state index contributed by atoms with van der Waals surface area (Å²) < 4.78 is 26.4. The molecular weight excluding hydrogens is 236 g/mol. The molecule has 0 aromatic rings. The molecule has 4 nitrogen and oxygen atoms in total. The molecule has 5 heteroatoms. The van der Waals surface area contributed by atoms with E-state index in [1.807, 2.05) is 6.07 Å². The van der Waals surface area contributed by atoms with Crippen LogP contribution in [0.25, 0.3) is 0 Å². The maximum atomic E-state index is 12.4. The van der Waals surface area contributed by atoms with Crippen LogP contribution in [0.15, 0.2) is 0 Å². The molecule has 0 N–H and O–H groups in total. The van der Waals surface area contributed by atoms with Gasteiger partial charge in [0, 0.05) is 12.6 Å². The fourth-order valence-corrected chi connectivity index (χ4v) is 5.18. The van der Waals surface area contributed by atoms with Crippen LogP contribution in [-0.4, -0.2) is 30.6 Å². The summed E-state index contributed by atoms with van der Waals surface area (Å²) in [5, 5.41) is 8.12. The van der Waals surface area contributed by atoms with Gasteiger partial charge in [-0.1, -0.05) is 13.3 Å². The Labute approximate surface area is 104 Å². The highest BCUT2D eigenvalue weighted by molar-refractivity contribution is 7.90. The maximum absolute atomic E-state index is 12.4. The minimum Gasteiger partial charge on any atom is -0.211 e. The monoisotopic (exact) mass is 256 g/mol. The van der Waals surface area contributed by atoms with Gasteiger partial charge in [0.05, 0.1) is 6.07 Å².